The fourth-order valence-corrected chi connectivity index (χ4v) is 4.42. The van der Waals surface area contributed by atoms with Crippen molar-refractivity contribution in [3.05, 3.63) is 36.5 Å². The van der Waals surface area contributed by atoms with Crippen LogP contribution in [0, 0.1) is 0 Å². The molecule has 2 aliphatic rings. The molecule has 1 saturated heterocycles. The van der Waals surface area contributed by atoms with Gasteiger partial charge in [-0.05, 0) is 38.3 Å². The van der Waals surface area contributed by atoms with E-state index in [0.29, 0.717) is 13.2 Å². The van der Waals surface area contributed by atoms with E-state index in [1.54, 1.807) is 7.11 Å². The highest BCUT2D eigenvalue weighted by molar-refractivity contribution is 5.91. The van der Waals surface area contributed by atoms with Crippen LogP contribution < -0.4 is 4.90 Å². The van der Waals surface area contributed by atoms with Crippen molar-refractivity contribution in [2.24, 2.45) is 0 Å². The van der Waals surface area contributed by atoms with E-state index < -0.39 is 0 Å². The van der Waals surface area contributed by atoms with Gasteiger partial charge in [-0.25, -0.2) is 0 Å². The van der Waals surface area contributed by atoms with Gasteiger partial charge in [0.25, 0.3) is 0 Å². The van der Waals surface area contributed by atoms with Crippen LogP contribution in [0.5, 0.6) is 0 Å². The van der Waals surface area contributed by atoms with Gasteiger partial charge in [0, 0.05) is 24.3 Å². The van der Waals surface area contributed by atoms with Gasteiger partial charge in [0.15, 0.2) is 5.82 Å². The number of fused-ring (bicyclic) bond motifs is 1. The zero-order valence-corrected chi connectivity index (χ0v) is 17.0. The van der Waals surface area contributed by atoms with Crippen LogP contribution in [0.3, 0.4) is 0 Å². The average Bonchev–Trinajstić information content (AvgIpc) is 3.14. The summed E-state index contributed by atoms with van der Waals surface area (Å²) < 4.78 is 13.8. The fourth-order valence-electron chi connectivity index (χ4n) is 4.42. The van der Waals surface area contributed by atoms with Crippen molar-refractivity contribution in [3.63, 3.8) is 0 Å². The van der Waals surface area contributed by atoms with Crippen LogP contribution in [0.15, 0.2) is 36.5 Å². The Hall–Kier alpha value is -2.51. The number of morpholine rings is 1. The maximum absolute atomic E-state index is 6.20. The number of aromatic nitrogens is 4. The molecule has 1 aromatic carbocycles. The molecule has 29 heavy (non-hydrogen) atoms. The highest BCUT2D eigenvalue weighted by Gasteiger charge is 2.45. The third kappa shape index (κ3) is 3.18. The van der Waals surface area contributed by atoms with Crippen LogP contribution in [0.4, 0.5) is 5.95 Å². The molecule has 5 rings (SSSR count). The molecular formula is C22H27N5O2. The minimum Gasteiger partial charge on any atom is -0.383 e. The van der Waals surface area contributed by atoms with Crippen LogP contribution in [-0.4, -0.2) is 58.3 Å². The Morgan fingerprint density at radius 2 is 2.07 bits per heavy atom. The standard InChI is InChI=1S/C22H27N5O2/c1-16-14-29-22(9-5-10-22)15-27(16)21-25-24-20(26(21)12-13-28-2)18-8-3-6-17-7-4-11-23-19(17)18/h3-4,6-8,11,16H,5,9-10,12-15H2,1-2H3. The summed E-state index contributed by atoms with van der Waals surface area (Å²) in [5.41, 5.74) is 1.93. The molecule has 0 N–H and O–H groups in total. The van der Waals surface area contributed by atoms with Gasteiger partial charge in [0.2, 0.25) is 5.95 Å². The number of nitrogens with zero attached hydrogens (tertiary/aromatic N) is 5. The van der Waals surface area contributed by atoms with Crippen molar-refractivity contribution in [2.75, 3.05) is 31.8 Å². The molecule has 2 aromatic heterocycles. The molecule has 7 heteroatoms. The van der Waals surface area contributed by atoms with Crippen LogP contribution in [0.25, 0.3) is 22.3 Å². The molecule has 3 heterocycles. The van der Waals surface area contributed by atoms with Gasteiger partial charge in [0.1, 0.15) is 0 Å². The van der Waals surface area contributed by atoms with E-state index in [-0.39, 0.29) is 11.6 Å². The second-order valence-electron chi connectivity index (χ2n) is 8.17. The number of hydrogen-bond acceptors (Lipinski definition) is 6. The molecule has 7 nitrogen and oxygen atoms in total. The van der Waals surface area contributed by atoms with Crippen molar-refractivity contribution >= 4 is 16.9 Å². The number of methoxy groups -OCH3 is 1. The largest absolute Gasteiger partial charge is 0.383 e. The topological polar surface area (TPSA) is 65.3 Å². The minimum absolute atomic E-state index is 0.00823. The first-order valence-electron chi connectivity index (χ1n) is 10.4. The Kier molecular flexibility index (Phi) is 4.72. The Bertz CT molecular complexity index is 1010. The van der Waals surface area contributed by atoms with Gasteiger partial charge in [-0.1, -0.05) is 18.2 Å². The third-order valence-corrected chi connectivity index (χ3v) is 6.27. The molecule has 0 radical (unpaired) electrons. The fraction of sp³-hybridized carbons (Fsp3) is 0.500. The van der Waals surface area contributed by atoms with E-state index in [1.807, 2.05) is 12.3 Å². The number of para-hydroxylation sites is 1. The van der Waals surface area contributed by atoms with E-state index in [0.717, 1.165) is 54.2 Å². The molecule has 2 fully saturated rings. The van der Waals surface area contributed by atoms with E-state index in [2.05, 4.69) is 55.8 Å². The predicted octanol–water partition coefficient (Wildman–Crippen LogP) is 3.29. The number of benzene rings is 1. The highest BCUT2D eigenvalue weighted by atomic mass is 16.5. The second-order valence-corrected chi connectivity index (χ2v) is 8.17. The highest BCUT2D eigenvalue weighted by Crippen LogP contribution is 2.41. The SMILES string of the molecule is COCCn1c(-c2cccc3cccnc23)nnc1N1CC2(CCC2)OCC1C. The molecule has 3 aromatic rings. The van der Waals surface area contributed by atoms with Gasteiger partial charge in [-0.2, -0.15) is 0 Å². The first-order valence-corrected chi connectivity index (χ1v) is 10.4. The molecule has 0 bridgehead atoms. The summed E-state index contributed by atoms with van der Waals surface area (Å²) in [6, 6.07) is 10.5. The van der Waals surface area contributed by atoms with E-state index in [4.69, 9.17) is 9.47 Å². The zero-order chi connectivity index (χ0) is 19.8. The lowest BCUT2D eigenvalue weighted by molar-refractivity contribution is -0.117. The van der Waals surface area contributed by atoms with Crippen LogP contribution in [0.1, 0.15) is 26.2 Å². The first kappa shape index (κ1) is 18.5. The summed E-state index contributed by atoms with van der Waals surface area (Å²) in [7, 11) is 1.73. The van der Waals surface area contributed by atoms with Gasteiger partial charge < -0.3 is 14.4 Å². The Balaban J connectivity index is 1.59. The number of rotatable bonds is 5. The molecule has 1 atom stereocenters. The van der Waals surface area contributed by atoms with Crippen molar-refractivity contribution in [2.45, 2.75) is 44.4 Å². The lowest BCUT2D eigenvalue weighted by Crippen LogP contribution is -2.59. The van der Waals surface area contributed by atoms with Gasteiger partial charge in [-0.15, -0.1) is 10.2 Å². The van der Waals surface area contributed by atoms with Crippen LogP contribution >= 0.6 is 0 Å². The maximum atomic E-state index is 6.20. The molecule has 1 unspecified atom stereocenters. The summed E-state index contributed by atoms with van der Waals surface area (Å²) >= 11 is 0. The first-order chi connectivity index (χ1) is 14.2. The van der Waals surface area contributed by atoms with Gasteiger partial charge in [-0.3, -0.25) is 9.55 Å². The summed E-state index contributed by atoms with van der Waals surface area (Å²) in [4.78, 5) is 6.98. The number of hydrogen-bond donors (Lipinski definition) is 0. The number of pyridine rings is 1. The average molecular weight is 393 g/mol. The summed E-state index contributed by atoms with van der Waals surface area (Å²) in [5.74, 6) is 1.73. The molecule has 1 spiro atoms. The monoisotopic (exact) mass is 393 g/mol. The van der Waals surface area contributed by atoms with Crippen molar-refractivity contribution in [3.8, 4) is 11.4 Å². The van der Waals surface area contributed by atoms with E-state index >= 15 is 0 Å². The Morgan fingerprint density at radius 1 is 1.21 bits per heavy atom. The molecule has 152 valence electrons. The Morgan fingerprint density at radius 3 is 2.86 bits per heavy atom. The van der Waals surface area contributed by atoms with Crippen LogP contribution in [-0.2, 0) is 16.0 Å². The molecule has 0 amide bonds. The third-order valence-electron chi connectivity index (χ3n) is 6.27. The summed E-state index contributed by atoms with van der Waals surface area (Å²) in [6.07, 6.45) is 5.32. The van der Waals surface area contributed by atoms with Gasteiger partial charge in [0.05, 0.1) is 43.5 Å². The molecule has 1 aliphatic heterocycles. The number of ether oxygens (including phenoxy) is 2. The normalized spacial score (nSPS) is 20.9. The predicted molar refractivity (Wildman–Crippen MR) is 112 cm³/mol. The van der Waals surface area contributed by atoms with E-state index in [9.17, 15) is 0 Å². The van der Waals surface area contributed by atoms with Crippen LogP contribution in [0.2, 0.25) is 0 Å². The molecular weight excluding hydrogens is 366 g/mol. The second kappa shape index (κ2) is 7.39. The summed E-state index contributed by atoms with van der Waals surface area (Å²) in [6.45, 7) is 5.07. The van der Waals surface area contributed by atoms with Crippen molar-refractivity contribution in [1.82, 2.24) is 19.7 Å². The minimum atomic E-state index is -0.00823. The lowest BCUT2D eigenvalue weighted by Gasteiger charge is -2.50. The van der Waals surface area contributed by atoms with Gasteiger partial charge >= 0.3 is 0 Å². The van der Waals surface area contributed by atoms with Crippen molar-refractivity contribution in [1.29, 1.82) is 0 Å². The lowest BCUT2D eigenvalue weighted by atomic mass is 9.78. The summed E-state index contributed by atoms with van der Waals surface area (Å²) in [5, 5.41) is 10.4. The molecule has 1 saturated carbocycles. The van der Waals surface area contributed by atoms with E-state index in [1.165, 1.54) is 6.42 Å². The molecule has 1 aliphatic carbocycles. The van der Waals surface area contributed by atoms with Crippen molar-refractivity contribution < 1.29 is 9.47 Å². The smallest absolute Gasteiger partial charge is 0.228 e. The Labute approximate surface area is 170 Å². The zero-order valence-electron chi connectivity index (χ0n) is 17.0. The number of anilines is 1. The maximum Gasteiger partial charge on any atom is 0.228 e. The quantitative estimate of drug-likeness (QED) is 0.663.